The van der Waals surface area contributed by atoms with Crippen LogP contribution in [0, 0.1) is 21.0 Å². The van der Waals surface area contributed by atoms with E-state index in [0.717, 1.165) is 19.3 Å². The molecule has 0 bridgehead atoms. The largest absolute Gasteiger partial charge is 0.390 e. The van der Waals surface area contributed by atoms with E-state index in [0.29, 0.717) is 12.5 Å². The number of hydrogen-bond acceptors (Lipinski definition) is 2. The molecule has 0 saturated heterocycles. The molecule has 0 aromatic rings. The van der Waals surface area contributed by atoms with E-state index in [9.17, 15) is 10.2 Å². The van der Waals surface area contributed by atoms with Gasteiger partial charge in [-0.05, 0) is 12.8 Å². The Bertz CT molecular complexity index is 101. The second kappa shape index (κ2) is 9.47. The van der Waals surface area contributed by atoms with E-state index in [1.54, 1.807) is 0 Å². The minimum absolute atomic E-state index is 0. The molecule has 1 unspecified atom stereocenters. The highest BCUT2D eigenvalue weighted by atomic mass is 16.3. The molecular weight excluding hydrogens is 176 g/mol. The van der Waals surface area contributed by atoms with Gasteiger partial charge in [-0.15, -0.1) is 0 Å². The molecule has 0 heterocycles. The number of aliphatic hydroxyl groups excluding tert-OH is 2. The lowest BCUT2D eigenvalue weighted by Gasteiger charge is -2.17. The van der Waals surface area contributed by atoms with Crippen LogP contribution in [-0.2, 0) is 0 Å². The number of aliphatic hydroxyl groups is 2. The molecule has 2 heteroatoms. The first kappa shape index (κ1) is 16.4. The molecule has 0 aromatic heterocycles. The third-order valence-electron chi connectivity index (χ3n) is 2.55. The Balaban J connectivity index is 0. The van der Waals surface area contributed by atoms with E-state index in [2.05, 4.69) is 0 Å². The molecule has 0 amide bonds. The summed E-state index contributed by atoms with van der Waals surface area (Å²) in [4.78, 5) is 0. The second-order valence-electron chi connectivity index (χ2n) is 3.67. The van der Waals surface area contributed by atoms with Crippen molar-refractivity contribution in [3.63, 3.8) is 0 Å². The Morgan fingerprint density at radius 3 is 2.00 bits per heavy atom. The Hall–Kier alpha value is -0.0800. The van der Waals surface area contributed by atoms with Gasteiger partial charge in [0.25, 0.3) is 0 Å². The molecule has 1 aliphatic carbocycles. The van der Waals surface area contributed by atoms with E-state index in [1.807, 2.05) is 0 Å². The van der Waals surface area contributed by atoms with Crippen LogP contribution in [0.25, 0.3) is 0 Å². The van der Waals surface area contributed by atoms with Crippen molar-refractivity contribution in [1.29, 1.82) is 0 Å². The molecule has 1 saturated carbocycles. The molecule has 83 valence electrons. The van der Waals surface area contributed by atoms with Crippen LogP contribution in [0.2, 0.25) is 0 Å². The molecule has 0 aliphatic heterocycles. The van der Waals surface area contributed by atoms with Gasteiger partial charge < -0.3 is 10.2 Å². The molecule has 2 nitrogen and oxygen atoms in total. The summed E-state index contributed by atoms with van der Waals surface area (Å²) in [7, 11) is 0. The average molecular weight is 199 g/mol. The van der Waals surface area contributed by atoms with Gasteiger partial charge in [-0.3, -0.25) is 0 Å². The maximum absolute atomic E-state index is 9.41. The van der Waals surface area contributed by atoms with Gasteiger partial charge >= 0.3 is 0 Å². The lowest BCUT2D eigenvalue weighted by atomic mass is 9.97. The first-order chi connectivity index (χ1) is 5.80. The van der Waals surface area contributed by atoms with Gasteiger partial charge in [0.05, 0.1) is 6.10 Å². The summed E-state index contributed by atoms with van der Waals surface area (Å²) in [6.45, 7) is 0. The second-order valence-corrected chi connectivity index (χ2v) is 3.67. The average Bonchev–Trinajstić information content (AvgIpc) is 2.08. The zero-order valence-corrected chi connectivity index (χ0v) is 9.04. The van der Waals surface area contributed by atoms with E-state index < -0.39 is 6.10 Å². The standard InChI is InChI=1S/C10H19O2.2CH2/c11-9-7-5-3-1-2-4-6-8-10(9)12;;/h9,11-12H,1-8H2;2*1H2. The lowest BCUT2D eigenvalue weighted by molar-refractivity contribution is 0.0802. The molecule has 5 radical (unpaired) electrons. The van der Waals surface area contributed by atoms with Crippen molar-refractivity contribution < 1.29 is 10.2 Å². The minimum atomic E-state index is -0.553. The minimum Gasteiger partial charge on any atom is -0.390 e. The summed E-state index contributed by atoms with van der Waals surface area (Å²) in [6.07, 6.45) is 8.22. The van der Waals surface area contributed by atoms with E-state index in [-0.39, 0.29) is 14.9 Å². The fourth-order valence-electron chi connectivity index (χ4n) is 1.68. The Kier molecular flexibility index (Phi) is 11.1. The fraction of sp³-hybridized carbons (Fsp3) is 0.750. The third kappa shape index (κ3) is 6.39. The Labute approximate surface area is 89.3 Å². The highest BCUT2D eigenvalue weighted by molar-refractivity contribution is 4.84. The quantitative estimate of drug-likeness (QED) is 0.629. The number of hydrogen-bond donors (Lipinski definition) is 2. The van der Waals surface area contributed by atoms with Crippen molar-refractivity contribution in [3.8, 4) is 0 Å². The van der Waals surface area contributed by atoms with Gasteiger partial charge in [-0.25, -0.2) is 0 Å². The van der Waals surface area contributed by atoms with Gasteiger partial charge in [0.1, 0.15) is 6.10 Å². The smallest absolute Gasteiger partial charge is 0.122 e. The maximum atomic E-state index is 9.41. The van der Waals surface area contributed by atoms with Crippen LogP contribution in [0.15, 0.2) is 0 Å². The van der Waals surface area contributed by atoms with Gasteiger partial charge in [-0.2, -0.15) is 0 Å². The van der Waals surface area contributed by atoms with Gasteiger partial charge in [0.2, 0.25) is 0 Å². The molecule has 1 rings (SSSR count). The third-order valence-corrected chi connectivity index (χ3v) is 2.55. The Morgan fingerprint density at radius 1 is 0.857 bits per heavy atom. The topological polar surface area (TPSA) is 40.5 Å². The summed E-state index contributed by atoms with van der Waals surface area (Å²) < 4.78 is 0. The first-order valence-electron chi connectivity index (χ1n) is 5.03. The molecule has 1 atom stereocenters. The van der Waals surface area contributed by atoms with Crippen LogP contribution < -0.4 is 0 Å². The summed E-state index contributed by atoms with van der Waals surface area (Å²) in [5, 5.41) is 18.8. The molecular formula is C12H23O2. The highest BCUT2D eigenvalue weighted by Crippen LogP contribution is 2.21. The van der Waals surface area contributed by atoms with Crippen LogP contribution in [0.5, 0.6) is 0 Å². The fourth-order valence-corrected chi connectivity index (χ4v) is 1.68. The maximum Gasteiger partial charge on any atom is 0.122 e. The summed E-state index contributed by atoms with van der Waals surface area (Å²) in [5.41, 5.74) is 0. The normalized spacial score (nSPS) is 25.7. The van der Waals surface area contributed by atoms with E-state index >= 15 is 0 Å². The van der Waals surface area contributed by atoms with Gasteiger partial charge in [0, 0.05) is 0 Å². The summed E-state index contributed by atoms with van der Waals surface area (Å²) in [5.74, 6) is 0. The molecule has 2 N–H and O–H groups in total. The van der Waals surface area contributed by atoms with Crippen LogP contribution in [0.4, 0.5) is 0 Å². The predicted octanol–water partition coefficient (Wildman–Crippen LogP) is 3.04. The van der Waals surface area contributed by atoms with Crippen LogP contribution in [0.1, 0.15) is 51.4 Å². The van der Waals surface area contributed by atoms with Crippen LogP contribution in [-0.4, -0.2) is 16.3 Å². The lowest BCUT2D eigenvalue weighted by Crippen LogP contribution is -2.18. The molecule has 1 aliphatic rings. The molecule has 14 heavy (non-hydrogen) atoms. The van der Waals surface area contributed by atoms with Gasteiger partial charge in [-0.1, -0.05) is 53.4 Å². The molecule has 0 aromatic carbocycles. The molecule has 0 spiro atoms. The van der Waals surface area contributed by atoms with Crippen molar-refractivity contribution in [1.82, 2.24) is 0 Å². The Morgan fingerprint density at radius 2 is 1.36 bits per heavy atom. The van der Waals surface area contributed by atoms with E-state index in [4.69, 9.17) is 0 Å². The molecule has 1 fully saturated rings. The van der Waals surface area contributed by atoms with Crippen molar-refractivity contribution in [3.05, 3.63) is 21.0 Å². The van der Waals surface area contributed by atoms with Crippen molar-refractivity contribution in [2.24, 2.45) is 0 Å². The summed E-state index contributed by atoms with van der Waals surface area (Å²) in [6, 6.07) is 0. The van der Waals surface area contributed by atoms with Crippen molar-refractivity contribution >= 4 is 0 Å². The first-order valence-corrected chi connectivity index (χ1v) is 5.03. The van der Waals surface area contributed by atoms with E-state index in [1.165, 1.54) is 25.7 Å². The number of rotatable bonds is 0. The zero-order chi connectivity index (χ0) is 8.81. The zero-order valence-electron chi connectivity index (χ0n) is 9.04. The van der Waals surface area contributed by atoms with Crippen molar-refractivity contribution in [2.45, 2.75) is 57.5 Å². The predicted molar refractivity (Wildman–Crippen MR) is 58.8 cm³/mol. The van der Waals surface area contributed by atoms with Gasteiger partial charge in [0.15, 0.2) is 0 Å². The monoisotopic (exact) mass is 199 g/mol. The summed E-state index contributed by atoms with van der Waals surface area (Å²) >= 11 is 0. The van der Waals surface area contributed by atoms with Crippen molar-refractivity contribution in [2.75, 3.05) is 0 Å². The van der Waals surface area contributed by atoms with Crippen LogP contribution in [0.3, 0.4) is 0 Å². The SMILES string of the molecule is O[C]1CCCCCCCCC1O.[CH2].[CH2]. The highest BCUT2D eigenvalue weighted by Gasteiger charge is 2.17. The van der Waals surface area contributed by atoms with Crippen LogP contribution >= 0.6 is 0 Å².